The van der Waals surface area contributed by atoms with E-state index in [4.69, 9.17) is 0 Å². The quantitative estimate of drug-likeness (QED) is 0.566. The number of phenols is 1. The number of aliphatic imine (C=N–C) groups is 1. The Hall–Kier alpha value is -2.66. The van der Waals surface area contributed by atoms with Crippen molar-refractivity contribution in [3.63, 3.8) is 0 Å². The van der Waals surface area contributed by atoms with Gasteiger partial charge < -0.3 is 15.1 Å². The van der Waals surface area contributed by atoms with Crippen LogP contribution in [0.25, 0.3) is 0 Å². The standard InChI is InChI=1S/C20H23FN2O2/c1-15(10-16(2)24)23(13-18-11-19(25)8-9-20(18)21)14-22-12-17-6-4-3-5-7-17/h3-9,11,14,16,24-25H,1,10,12-13H2,2H3. The van der Waals surface area contributed by atoms with Crippen molar-refractivity contribution in [2.24, 2.45) is 4.99 Å². The first kappa shape index (κ1) is 18.7. The lowest BCUT2D eigenvalue weighted by Gasteiger charge is -2.23. The number of aliphatic hydroxyl groups is 1. The number of nitrogens with zero attached hydrogens (tertiary/aromatic N) is 2. The molecule has 132 valence electrons. The van der Waals surface area contributed by atoms with Crippen molar-refractivity contribution in [3.05, 3.63) is 77.8 Å². The second kappa shape index (κ2) is 8.99. The molecule has 0 amide bonds. The predicted octanol–water partition coefficient (Wildman–Crippen LogP) is 3.85. The number of hydrogen-bond donors (Lipinski definition) is 2. The maximum absolute atomic E-state index is 14.0. The molecule has 5 heteroatoms. The van der Waals surface area contributed by atoms with Crippen LogP contribution in [0.5, 0.6) is 5.75 Å². The summed E-state index contributed by atoms with van der Waals surface area (Å²) in [4.78, 5) is 6.08. The molecule has 0 aliphatic carbocycles. The first-order valence-corrected chi connectivity index (χ1v) is 8.09. The molecule has 2 aromatic rings. The molecule has 0 aliphatic rings. The monoisotopic (exact) mass is 342 g/mol. The second-order valence-electron chi connectivity index (χ2n) is 5.96. The van der Waals surface area contributed by atoms with Crippen LogP contribution in [0.4, 0.5) is 4.39 Å². The van der Waals surface area contributed by atoms with Crippen molar-refractivity contribution in [2.75, 3.05) is 0 Å². The molecule has 0 aliphatic heterocycles. The van der Waals surface area contributed by atoms with Crippen LogP contribution >= 0.6 is 0 Å². The smallest absolute Gasteiger partial charge is 0.128 e. The molecule has 0 spiro atoms. The Bertz CT molecular complexity index is 730. The summed E-state index contributed by atoms with van der Waals surface area (Å²) in [6.45, 7) is 6.28. The van der Waals surface area contributed by atoms with Crippen molar-refractivity contribution >= 4 is 6.34 Å². The number of phenolic OH excluding ortho intramolecular Hbond substituents is 1. The Kier molecular flexibility index (Phi) is 6.71. The Morgan fingerprint density at radius 3 is 2.68 bits per heavy atom. The average Bonchev–Trinajstić information content (AvgIpc) is 2.57. The molecule has 0 radical (unpaired) electrons. The van der Waals surface area contributed by atoms with E-state index in [-0.39, 0.29) is 12.3 Å². The van der Waals surface area contributed by atoms with E-state index in [0.717, 1.165) is 5.56 Å². The van der Waals surface area contributed by atoms with E-state index in [2.05, 4.69) is 11.6 Å². The first-order valence-electron chi connectivity index (χ1n) is 8.09. The number of rotatable bonds is 8. The summed E-state index contributed by atoms with van der Waals surface area (Å²) in [5.74, 6) is -0.414. The number of halogens is 1. The first-order chi connectivity index (χ1) is 12.0. The molecule has 2 rings (SSSR count). The molecule has 25 heavy (non-hydrogen) atoms. The molecule has 0 aromatic heterocycles. The molecule has 0 saturated heterocycles. The Morgan fingerprint density at radius 1 is 1.28 bits per heavy atom. The topological polar surface area (TPSA) is 56.1 Å². The van der Waals surface area contributed by atoms with Crippen LogP contribution in [-0.2, 0) is 13.1 Å². The number of aliphatic hydroxyl groups excluding tert-OH is 1. The van der Waals surface area contributed by atoms with Crippen LogP contribution in [-0.4, -0.2) is 27.6 Å². The van der Waals surface area contributed by atoms with Gasteiger partial charge in [-0.2, -0.15) is 0 Å². The van der Waals surface area contributed by atoms with Crippen LogP contribution in [0, 0.1) is 5.82 Å². The molecule has 0 saturated carbocycles. The van der Waals surface area contributed by atoms with E-state index in [0.29, 0.717) is 24.2 Å². The van der Waals surface area contributed by atoms with E-state index in [1.165, 1.54) is 18.2 Å². The van der Waals surface area contributed by atoms with Crippen LogP contribution in [0.1, 0.15) is 24.5 Å². The molecule has 0 bridgehead atoms. The van der Waals surface area contributed by atoms with Crippen LogP contribution in [0.2, 0.25) is 0 Å². The van der Waals surface area contributed by atoms with Gasteiger partial charge >= 0.3 is 0 Å². The van der Waals surface area contributed by atoms with Crippen molar-refractivity contribution in [1.29, 1.82) is 0 Å². The van der Waals surface area contributed by atoms with Gasteiger partial charge in [0.15, 0.2) is 0 Å². The molecule has 4 nitrogen and oxygen atoms in total. The highest BCUT2D eigenvalue weighted by Crippen LogP contribution is 2.19. The lowest BCUT2D eigenvalue weighted by molar-refractivity contribution is 0.187. The van der Waals surface area contributed by atoms with Crippen LogP contribution in [0.3, 0.4) is 0 Å². The molecule has 2 N–H and O–H groups in total. The molecule has 0 heterocycles. The zero-order valence-electron chi connectivity index (χ0n) is 14.3. The maximum Gasteiger partial charge on any atom is 0.128 e. The summed E-state index contributed by atoms with van der Waals surface area (Å²) in [6, 6.07) is 13.7. The SMILES string of the molecule is C=C(CC(C)O)N(C=NCc1ccccc1)Cc1cc(O)ccc1F. The van der Waals surface area contributed by atoms with Gasteiger partial charge in [0, 0.05) is 17.7 Å². The van der Waals surface area contributed by atoms with Gasteiger partial charge in [-0.15, -0.1) is 0 Å². The largest absolute Gasteiger partial charge is 0.508 e. The van der Waals surface area contributed by atoms with Gasteiger partial charge in [-0.25, -0.2) is 4.39 Å². The zero-order valence-corrected chi connectivity index (χ0v) is 14.3. The fourth-order valence-corrected chi connectivity index (χ4v) is 2.39. The van der Waals surface area contributed by atoms with E-state index < -0.39 is 11.9 Å². The van der Waals surface area contributed by atoms with Crippen molar-refractivity contribution in [3.8, 4) is 5.75 Å². The van der Waals surface area contributed by atoms with Gasteiger partial charge in [-0.05, 0) is 30.7 Å². The predicted molar refractivity (Wildman–Crippen MR) is 97.7 cm³/mol. The number of hydrogen-bond acceptors (Lipinski definition) is 3. The highest BCUT2D eigenvalue weighted by atomic mass is 19.1. The van der Waals surface area contributed by atoms with Gasteiger partial charge in [-0.1, -0.05) is 36.9 Å². The minimum atomic E-state index is -0.563. The summed E-state index contributed by atoms with van der Waals surface area (Å²) >= 11 is 0. The summed E-state index contributed by atoms with van der Waals surface area (Å²) in [5, 5.41) is 19.2. The van der Waals surface area contributed by atoms with Crippen molar-refractivity contribution < 1.29 is 14.6 Å². The fourth-order valence-electron chi connectivity index (χ4n) is 2.39. The highest BCUT2D eigenvalue weighted by Gasteiger charge is 2.12. The summed E-state index contributed by atoms with van der Waals surface area (Å²) in [5.41, 5.74) is 2.01. The Balaban J connectivity index is 2.14. The lowest BCUT2D eigenvalue weighted by atomic mass is 10.1. The van der Waals surface area contributed by atoms with E-state index >= 15 is 0 Å². The van der Waals surface area contributed by atoms with Gasteiger partial charge in [-0.3, -0.25) is 4.99 Å². The normalized spacial score (nSPS) is 12.3. The minimum Gasteiger partial charge on any atom is -0.508 e. The Morgan fingerprint density at radius 2 is 2.00 bits per heavy atom. The molecule has 2 aromatic carbocycles. The molecule has 1 atom stereocenters. The molecular weight excluding hydrogens is 319 g/mol. The van der Waals surface area contributed by atoms with Gasteiger partial charge in [0.25, 0.3) is 0 Å². The van der Waals surface area contributed by atoms with E-state index in [1.807, 2.05) is 30.3 Å². The summed E-state index contributed by atoms with van der Waals surface area (Å²) in [6.07, 6.45) is 1.38. The maximum atomic E-state index is 14.0. The van der Waals surface area contributed by atoms with Crippen LogP contribution in [0.15, 0.2) is 65.8 Å². The Labute approximate surface area is 147 Å². The van der Waals surface area contributed by atoms with Gasteiger partial charge in [0.2, 0.25) is 0 Å². The van der Waals surface area contributed by atoms with Gasteiger partial charge in [0.05, 0.1) is 25.5 Å². The molecule has 1 unspecified atom stereocenters. The van der Waals surface area contributed by atoms with Crippen molar-refractivity contribution in [1.82, 2.24) is 4.90 Å². The number of benzene rings is 2. The van der Waals surface area contributed by atoms with E-state index in [9.17, 15) is 14.6 Å². The summed E-state index contributed by atoms with van der Waals surface area (Å²) < 4.78 is 14.0. The zero-order chi connectivity index (χ0) is 18.2. The third kappa shape index (κ3) is 6.04. The third-order valence-corrected chi connectivity index (χ3v) is 3.64. The average molecular weight is 342 g/mol. The third-order valence-electron chi connectivity index (χ3n) is 3.64. The summed E-state index contributed by atoms with van der Waals surface area (Å²) in [7, 11) is 0. The lowest BCUT2D eigenvalue weighted by Crippen LogP contribution is -2.23. The van der Waals surface area contributed by atoms with E-state index in [1.54, 1.807) is 18.2 Å². The van der Waals surface area contributed by atoms with Crippen LogP contribution < -0.4 is 0 Å². The van der Waals surface area contributed by atoms with Crippen molar-refractivity contribution in [2.45, 2.75) is 32.5 Å². The minimum absolute atomic E-state index is 0.00119. The molecular formula is C20H23FN2O2. The number of aromatic hydroxyl groups is 1. The van der Waals surface area contributed by atoms with Gasteiger partial charge in [0.1, 0.15) is 11.6 Å². The highest BCUT2D eigenvalue weighted by molar-refractivity contribution is 5.58. The molecule has 0 fully saturated rings. The fraction of sp³-hybridized carbons (Fsp3) is 0.250. The second-order valence-corrected chi connectivity index (χ2v) is 5.96.